The molecule has 2 heterocycles. The first-order valence-electron chi connectivity index (χ1n) is 9.38. The Morgan fingerprint density at radius 3 is 2.50 bits per heavy atom. The standard InChI is InChI=1S/C21H27N3OS/c1-5-15(4)16-6-8-17(9-7-16)20(14(2)3)22-13-18-12-19(25)24-10-11-26-21(24)23-18/h6-12,14-15,20,22H,5,13H2,1-4H3/p+1/t15-,20+/m0/s1. The van der Waals surface area contributed by atoms with Gasteiger partial charge in [-0.15, -0.1) is 11.3 Å². The predicted molar refractivity (Wildman–Crippen MR) is 108 cm³/mol. The average molecular weight is 371 g/mol. The first kappa shape index (κ1) is 18.8. The van der Waals surface area contributed by atoms with Gasteiger partial charge in [-0.3, -0.25) is 9.20 Å². The largest absolute Gasteiger partial charge is 0.335 e. The van der Waals surface area contributed by atoms with Crippen LogP contribution in [-0.2, 0) is 6.54 Å². The van der Waals surface area contributed by atoms with E-state index in [0.717, 1.165) is 17.1 Å². The van der Waals surface area contributed by atoms with Crippen LogP contribution in [0.25, 0.3) is 4.96 Å². The predicted octanol–water partition coefficient (Wildman–Crippen LogP) is 3.73. The molecule has 0 spiro atoms. The fourth-order valence-corrected chi connectivity index (χ4v) is 4.05. The van der Waals surface area contributed by atoms with Crippen molar-refractivity contribution in [3.05, 3.63) is 69.1 Å². The summed E-state index contributed by atoms with van der Waals surface area (Å²) >= 11 is 1.50. The molecule has 0 unspecified atom stereocenters. The molecular weight excluding hydrogens is 342 g/mol. The summed E-state index contributed by atoms with van der Waals surface area (Å²) in [5, 5.41) is 4.20. The number of nitrogens with zero attached hydrogens (tertiary/aromatic N) is 2. The molecule has 0 amide bonds. The number of aromatic nitrogens is 2. The second-order valence-electron chi connectivity index (χ2n) is 7.33. The van der Waals surface area contributed by atoms with Crippen LogP contribution in [-0.4, -0.2) is 9.38 Å². The number of hydrogen-bond donors (Lipinski definition) is 1. The van der Waals surface area contributed by atoms with Gasteiger partial charge < -0.3 is 5.32 Å². The highest BCUT2D eigenvalue weighted by Gasteiger charge is 2.20. The van der Waals surface area contributed by atoms with E-state index in [0.29, 0.717) is 24.4 Å². The molecule has 26 heavy (non-hydrogen) atoms. The van der Waals surface area contributed by atoms with Gasteiger partial charge in [-0.25, -0.2) is 4.98 Å². The summed E-state index contributed by atoms with van der Waals surface area (Å²) in [4.78, 5) is 17.5. The maximum absolute atomic E-state index is 12.2. The SMILES string of the molecule is CC[C@H](C)c1ccc([C@H]([NH2+]Cc2cc(=O)n3ccsc3n2)C(C)C)cc1. The molecule has 0 bridgehead atoms. The minimum absolute atomic E-state index is 0.00125. The smallest absolute Gasteiger partial charge is 0.258 e. The van der Waals surface area contributed by atoms with Gasteiger partial charge in [0.05, 0.1) is 0 Å². The molecule has 1 aromatic carbocycles. The van der Waals surface area contributed by atoms with Gasteiger partial charge in [0.1, 0.15) is 18.3 Å². The summed E-state index contributed by atoms with van der Waals surface area (Å²) in [7, 11) is 0. The molecule has 2 aromatic heterocycles. The van der Waals surface area contributed by atoms with Crippen molar-refractivity contribution in [3.8, 4) is 0 Å². The number of nitrogens with two attached hydrogens (primary N) is 1. The number of benzene rings is 1. The van der Waals surface area contributed by atoms with Crippen LogP contribution in [0.4, 0.5) is 0 Å². The van der Waals surface area contributed by atoms with Gasteiger partial charge in [-0.1, -0.05) is 52.0 Å². The summed E-state index contributed by atoms with van der Waals surface area (Å²) in [5.74, 6) is 1.09. The highest BCUT2D eigenvalue weighted by atomic mass is 32.1. The number of hydrogen-bond acceptors (Lipinski definition) is 3. The fraction of sp³-hybridized carbons (Fsp3) is 0.429. The van der Waals surface area contributed by atoms with Crippen molar-refractivity contribution in [2.45, 2.75) is 52.6 Å². The first-order chi connectivity index (χ1) is 12.5. The molecule has 0 aliphatic rings. The highest BCUT2D eigenvalue weighted by molar-refractivity contribution is 7.15. The number of rotatable bonds is 7. The van der Waals surface area contributed by atoms with Gasteiger partial charge in [-0.05, 0) is 17.9 Å². The van der Waals surface area contributed by atoms with E-state index in [4.69, 9.17) is 0 Å². The Kier molecular flexibility index (Phi) is 5.89. The molecule has 0 saturated carbocycles. The van der Waals surface area contributed by atoms with E-state index in [9.17, 15) is 4.79 Å². The van der Waals surface area contributed by atoms with Gasteiger partial charge in [0.25, 0.3) is 5.56 Å². The van der Waals surface area contributed by atoms with Crippen molar-refractivity contribution in [2.75, 3.05) is 0 Å². The maximum atomic E-state index is 12.2. The molecule has 0 saturated heterocycles. The van der Waals surface area contributed by atoms with Gasteiger partial charge in [-0.2, -0.15) is 0 Å². The third-order valence-electron chi connectivity index (χ3n) is 5.16. The topological polar surface area (TPSA) is 51.0 Å². The summed E-state index contributed by atoms with van der Waals surface area (Å²) in [5.41, 5.74) is 3.58. The Hall–Kier alpha value is -1.98. The van der Waals surface area contributed by atoms with Gasteiger partial charge >= 0.3 is 0 Å². The summed E-state index contributed by atoms with van der Waals surface area (Å²) in [6, 6.07) is 11.0. The molecule has 5 heteroatoms. The van der Waals surface area contributed by atoms with E-state index in [-0.39, 0.29) is 5.56 Å². The van der Waals surface area contributed by atoms with Crippen molar-refractivity contribution in [3.63, 3.8) is 0 Å². The van der Waals surface area contributed by atoms with Gasteiger partial charge in [0.2, 0.25) is 0 Å². The van der Waals surface area contributed by atoms with E-state index >= 15 is 0 Å². The van der Waals surface area contributed by atoms with Crippen LogP contribution < -0.4 is 10.9 Å². The molecule has 2 N–H and O–H groups in total. The highest BCUT2D eigenvalue weighted by Crippen LogP contribution is 2.23. The third kappa shape index (κ3) is 4.05. The summed E-state index contributed by atoms with van der Waals surface area (Å²) in [6.45, 7) is 9.69. The van der Waals surface area contributed by atoms with Crippen molar-refractivity contribution in [2.24, 2.45) is 5.92 Å². The number of quaternary nitrogens is 1. The molecular formula is C21H28N3OS+. The Labute approximate surface area is 158 Å². The fourth-order valence-electron chi connectivity index (χ4n) is 3.32. The van der Waals surface area contributed by atoms with Crippen molar-refractivity contribution < 1.29 is 5.32 Å². The molecule has 0 radical (unpaired) electrons. The molecule has 138 valence electrons. The van der Waals surface area contributed by atoms with Gasteiger partial charge in [0, 0.05) is 29.1 Å². The molecule has 3 rings (SSSR count). The zero-order valence-corrected chi connectivity index (χ0v) is 16.8. The van der Waals surface area contributed by atoms with Gasteiger partial charge in [0.15, 0.2) is 4.96 Å². The van der Waals surface area contributed by atoms with Crippen LogP contribution in [0, 0.1) is 5.92 Å². The van der Waals surface area contributed by atoms with E-state index in [2.05, 4.69) is 62.3 Å². The Bertz CT molecular complexity index is 911. The Morgan fingerprint density at radius 2 is 1.85 bits per heavy atom. The summed E-state index contributed by atoms with van der Waals surface area (Å²) < 4.78 is 1.60. The van der Waals surface area contributed by atoms with Crippen molar-refractivity contribution >= 4 is 16.3 Å². The first-order valence-corrected chi connectivity index (χ1v) is 10.3. The molecule has 2 atom stereocenters. The lowest BCUT2D eigenvalue weighted by Crippen LogP contribution is -2.84. The maximum Gasteiger partial charge on any atom is 0.258 e. The van der Waals surface area contributed by atoms with Crippen LogP contribution in [0.3, 0.4) is 0 Å². The van der Waals surface area contributed by atoms with Crippen LogP contribution in [0.1, 0.15) is 62.9 Å². The molecule has 0 aliphatic heterocycles. The van der Waals surface area contributed by atoms with Crippen molar-refractivity contribution in [1.82, 2.24) is 9.38 Å². The molecule has 0 fully saturated rings. The third-order valence-corrected chi connectivity index (χ3v) is 5.91. The van der Waals surface area contributed by atoms with E-state index in [1.54, 1.807) is 16.7 Å². The van der Waals surface area contributed by atoms with Crippen LogP contribution >= 0.6 is 11.3 Å². The molecule has 4 nitrogen and oxygen atoms in total. The lowest BCUT2D eigenvalue weighted by atomic mass is 9.92. The number of fused-ring (bicyclic) bond motifs is 1. The monoisotopic (exact) mass is 370 g/mol. The summed E-state index contributed by atoms with van der Waals surface area (Å²) in [6.07, 6.45) is 2.93. The zero-order valence-electron chi connectivity index (χ0n) is 16.0. The van der Waals surface area contributed by atoms with Crippen LogP contribution in [0.15, 0.2) is 46.7 Å². The second-order valence-corrected chi connectivity index (χ2v) is 8.20. The lowest BCUT2D eigenvalue weighted by molar-refractivity contribution is -0.717. The van der Waals surface area contributed by atoms with E-state index in [1.165, 1.54) is 22.5 Å². The van der Waals surface area contributed by atoms with E-state index < -0.39 is 0 Å². The Morgan fingerprint density at radius 1 is 1.15 bits per heavy atom. The molecule has 0 aliphatic carbocycles. The minimum Gasteiger partial charge on any atom is -0.335 e. The average Bonchev–Trinajstić information content (AvgIpc) is 3.10. The van der Waals surface area contributed by atoms with Crippen LogP contribution in [0.5, 0.6) is 0 Å². The quantitative estimate of drug-likeness (QED) is 0.689. The van der Waals surface area contributed by atoms with Crippen molar-refractivity contribution in [1.29, 1.82) is 0 Å². The second kappa shape index (κ2) is 8.14. The zero-order chi connectivity index (χ0) is 18.7. The minimum atomic E-state index is -0.00125. The van der Waals surface area contributed by atoms with Crippen LogP contribution in [0.2, 0.25) is 0 Å². The molecule has 3 aromatic rings. The van der Waals surface area contributed by atoms with E-state index in [1.807, 2.05) is 5.38 Å². The lowest BCUT2D eigenvalue weighted by Gasteiger charge is -2.20. The Balaban J connectivity index is 1.76. The number of thiazole rings is 1. The normalized spacial score (nSPS) is 14.0.